The van der Waals surface area contributed by atoms with Crippen LogP contribution >= 0.6 is 15.9 Å². The van der Waals surface area contributed by atoms with Crippen molar-refractivity contribution in [2.24, 2.45) is 0 Å². The average Bonchev–Trinajstić information content (AvgIpc) is 2.31. The summed E-state index contributed by atoms with van der Waals surface area (Å²) in [4.78, 5) is 3.55. The molecule has 0 aliphatic heterocycles. The molecule has 19 heavy (non-hydrogen) atoms. The predicted octanol–water partition coefficient (Wildman–Crippen LogP) is 2.37. The SMILES string of the molecule is Nc1cc(Br)ccc1S(=O)(=O)Nc1ccc(F)cn1. The van der Waals surface area contributed by atoms with E-state index in [4.69, 9.17) is 5.73 Å². The van der Waals surface area contributed by atoms with Gasteiger partial charge in [-0.15, -0.1) is 0 Å². The van der Waals surface area contributed by atoms with E-state index in [1.54, 1.807) is 6.07 Å². The van der Waals surface area contributed by atoms with Crippen molar-refractivity contribution in [2.45, 2.75) is 4.90 Å². The van der Waals surface area contributed by atoms with Crippen LogP contribution in [-0.2, 0) is 10.0 Å². The van der Waals surface area contributed by atoms with Crippen molar-refractivity contribution in [2.75, 3.05) is 10.5 Å². The van der Waals surface area contributed by atoms with Crippen molar-refractivity contribution in [3.8, 4) is 0 Å². The molecule has 0 bridgehead atoms. The number of benzene rings is 1. The number of rotatable bonds is 3. The van der Waals surface area contributed by atoms with Crippen molar-refractivity contribution < 1.29 is 12.8 Å². The first kappa shape index (κ1) is 13.8. The molecule has 1 heterocycles. The third kappa shape index (κ3) is 3.21. The molecule has 0 saturated heterocycles. The molecule has 0 saturated carbocycles. The van der Waals surface area contributed by atoms with E-state index in [1.165, 1.54) is 18.2 Å². The van der Waals surface area contributed by atoms with Crippen LogP contribution in [0.25, 0.3) is 0 Å². The van der Waals surface area contributed by atoms with Gasteiger partial charge in [-0.2, -0.15) is 0 Å². The molecule has 3 N–H and O–H groups in total. The zero-order chi connectivity index (χ0) is 14.0. The zero-order valence-electron chi connectivity index (χ0n) is 9.47. The van der Waals surface area contributed by atoms with Crippen LogP contribution in [0.15, 0.2) is 45.9 Å². The van der Waals surface area contributed by atoms with E-state index in [9.17, 15) is 12.8 Å². The van der Waals surface area contributed by atoms with Crippen LogP contribution in [0, 0.1) is 5.82 Å². The zero-order valence-corrected chi connectivity index (χ0v) is 11.9. The Hall–Kier alpha value is -1.67. The van der Waals surface area contributed by atoms with E-state index in [-0.39, 0.29) is 16.4 Å². The summed E-state index contributed by atoms with van der Waals surface area (Å²) in [6.45, 7) is 0. The first-order valence-electron chi connectivity index (χ1n) is 5.08. The van der Waals surface area contributed by atoms with Crippen molar-refractivity contribution >= 4 is 37.5 Å². The lowest BCUT2D eigenvalue weighted by molar-refractivity contribution is 0.600. The Bertz CT molecular complexity index is 704. The highest BCUT2D eigenvalue weighted by molar-refractivity contribution is 9.10. The Morgan fingerprint density at radius 3 is 2.58 bits per heavy atom. The van der Waals surface area contributed by atoms with Crippen molar-refractivity contribution in [3.05, 3.63) is 46.8 Å². The van der Waals surface area contributed by atoms with E-state index in [0.29, 0.717) is 4.47 Å². The lowest BCUT2D eigenvalue weighted by atomic mass is 10.3. The molecule has 1 aromatic heterocycles. The number of anilines is 2. The van der Waals surface area contributed by atoms with Gasteiger partial charge in [-0.1, -0.05) is 15.9 Å². The Morgan fingerprint density at radius 1 is 1.26 bits per heavy atom. The summed E-state index contributed by atoms with van der Waals surface area (Å²) in [6.07, 6.45) is 0.919. The smallest absolute Gasteiger partial charge is 0.265 e. The molecule has 5 nitrogen and oxygen atoms in total. The summed E-state index contributed by atoms with van der Waals surface area (Å²) in [5.41, 5.74) is 5.76. The Balaban J connectivity index is 2.35. The van der Waals surface area contributed by atoms with Crippen LogP contribution in [0.4, 0.5) is 15.9 Å². The number of nitrogens with zero attached hydrogens (tertiary/aromatic N) is 1. The van der Waals surface area contributed by atoms with Gasteiger partial charge in [0.2, 0.25) is 0 Å². The quantitative estimate of drug-likeness (QED) is 0.836. The van der Waals surface area contributed by atoms with Gasteiger partial charge in [0.25, 0.3) is 10.0 Å². The molecule has 0 atom stereocenters. The van der Waals surface area contributed by atoms with Crippen LogP contribution in [0.5, 0.6) is 0 Å². The van der Waals surface area contributed by atoms with E-state index in [2.05, 4.69) is 25.6 Å². The van der Waals surface area contributed by atoms with Crippen LogP contribution in [0.2, 0.25) is 0 Å². The van der Waals surface area contributed by atoms with Crippen LogP contribution in [0.3, 0.4) is 0 Å². The maximum Gasteiger partial charge on any atom is 0.265 e. The second-order valence-corrected chi connectivity index (χ2v) is 6.22. The van der Waals surface area contributed by atoms with E-state index in [1.807, 2.05) is 0 Å². The normalized spacial score (nSPS) is 11.3. The van der Waals surface area contributed by atoms with E-state index < -0.39 is 15.8 Å². The third-order valence-corrected chi connectivity index (χ3v) is 4.15. The highest BCUT2D eigenvalue weighted by atomic mass is 79.9. The van der Waals surface area contributed by atoms with Crippen LogP contribution in [-0.4, -0.2) is 13.4 Å². The Labute approximate surface area is 117 Å². The number of pyridine rings is 1. The van der Waals surface area contributed by atoms with Gasteiger partial charge in [0, 0.05) is 4.47 Å². The molecule has 0 radical (unpaired) electrons. The number of hydrogen-bond donors (Lipinski definition) is 2. The summed E-state index contributed by atoms with van der Waals surface area (Å²) < 4.78 is 39.7. The van der Waals surface area contributed by atoms with Gasteiger partial charge in [-0.3, -0.25) is 4.72 Å². The lowest BCUT2D eigenvalue weighted by Gasteiger charge is -2.09. The third-order valence-electron chi connectivity index (χ3n) is 2.23. The molecule has 0 fully saturated rings. The summed E-state index contributed by atoms with van der Waals surface area (Å²) in [5, 5.41) is 0. The molecule has 2 rings (SSSR count). The molecule has 0 aliphatic rings. The number of sulfonamides is 1. The summed E-state index contributed by atoms with van der Waals surface area (Å²) in [7, 11) is -3.85. The maximum atomic E-state index is 12.7. The lowest BCUT2D eigenvalue weighted by Crippen LogP contribution is -2.15. The average molecular weight is 346 g/mol. The number of aromatic nitrogens is 1. The molecule has 2 aromatic rings. The molecule has 0 unspecified atom stereocenters. The fourth-order valence-corrected chi connectivity index (χ4v) is 2.89. The second kappa shape index (κ2) is 5.14. The summed E-state index contributed by atoms with van der Waals surface area (Å²) in [6, 6.07) is 6.73. The van der Waals surface area contributed by atoms with Gasteiger partial charge in [-0.05, 0) is 30.3 Å². The topological polar surface area (TPSA) is 85.1 Å². The minimum Gasteiger partial charge on any atom is -0.398 e. The largest absolute Gasteiger partial charge is 0.398 e. The first-order valence-corrected chi connectivity index (χ1v) is 7.35. The first-order chi connectivity index (χ1) is 8.88. The summed E-state index contributed by atoms with van der Waals surface area (Å²) in [5.74, 6) is -0.533. The van der Waals surface area contributed by atoms with Crippen LogP contribution < -0.4 is 10.5 Å². The van der Waals surface area contributed by atoms with Gasteiger partial charge < -0.3 is 5.73 Å². The molecular formula is C11H9BrFN3O2S. The minimum atomic E-state index is -3.85. The highest BCUT2D eigenvalue weighted by Gasteiger charge is 2.18. The number of hydrogen-bond acceptors (Lipinski definition) is 4. The monoisotopic (exact) mass is 345 g/mol. The standard InChI is InChI=1S/C11H9BrFN3O2S/c12-7-1-3-10(9(14)5-7)19(17,18)16-11-4-2-8(13)6-15-11/h1-6H,14H2,(H,15,16). The van der Waals surface area contributed by atoms with Gasteiger partial charge in [0.15, 0.2) is 0 Å². The molecular weight excluding hydrogens is 337 g/mol. The number of nitrogens with one attached hydrogen (secondary N) is 1. The van der Waals surface area contributed by atoms with Crippen LogP contribution in [0.1, 0.15) is 0 Å². The van der Waals surface area contributed by atoms with Crippen molar-refractivity contribution in [1.29, 1.82) is 0 Å². The summed E-state index contributed by atoms with van der Waals surface area (Å²) >= 11 is 3.19. The maximum absolute atomic E-state index is 12.7. The second-order valence-electron chi connectivity index (χ2n) is 3.65. The fraction of sp³-hybridized carbons (Fsp3) is 0. The number of nitrogens with two attached hydrogens (primary N) is 1. The van der Waals surface area contributed by atoms with Gasteiger partial charge in [-0.25, -0.2) is 17.8 Å². The molecule has 100 valence electrons. The molecule has 0 aliphatic carbocycles. The van der Waals surface area contributed by atoms with E-state index in [0.717, 1.165) is 12.3 Å². The Kier molecular flexibility index (Phi) is 3.72. The number of halogens is 2. The van der Waals surface area contributed by atoms with Crippen molar-refractivity contribution in [3.63, 3.8) is 0 Å². The molecule has 0 amide bonds. The van der Waals surface area contributed by atoms with Gasteiger partial charge in [0.1, 0.15) is 16.5 Å². The molecule has 8 heteroatoms. The Morgan fingerprint density at radius 2 is 2.00 bits per heavy atom. The van der Waals surface area contributed by atoms with Crippen molar-refractivity contribution in [1.82, 2.24) is 4.98 Å². The van der Waals surface area contributed by atoms with Gasteiger partial charge >= 0.3 is 0 Å². The van der Waals surface area contributed by atoms with Gasteiger partial charge in [0.05, 0.1) is 11.9 Å². The fourth-order valence-electron chi connectivity index (χ4n) is 1.39. The minimum absolute atomic E-state index is 0.0173. The molecule has 0 spiro atoms. The number of nitrogen functional groups attached to an aromatic ring is 1. The van der Waals surface area contributed by atoms with E-state index >= 15 is 0 Å². The highest BCUT2D eigenvalue weighted by Crippen LogP contribution is 2.24. The molecule has 1 aromatic carbocycles. The predicted molar refractivity (Wildman–Crippen MR) is 73.6 cm³/mol.